The van der Waals surface area contributed by atoms with Gasteiger partial charge in [-0.3, -0.25) is 0 Å². The van der Waals surface area contributed by atoms with E-state index in [0.29, 0.717) is 10.9 Å². The second-order valence-electron chi connectivity index (χ2n) is 8.40. The van der Waals surface area contributed by atoms with Crippen molar-refractivity contribution >= 4 is 0 Å². The molecule has 0 aromatic rings. The second-order valence-corrected chi connectivity index (χ2v) is 8.40. The van der Waals surface area contributed by atoms with Crippen LogP contribution < -0.4 is 0 Å². The number of unbranched alkanes of at least 4 members (excludes halogenated alkanes) is 14. The molecular formula is C24H52NO2+. The Morgan fingerprint density at radius 3 is 1.33 bits per heavy atom. The lowest BCUT2D eigenvalue weighted by molar-refractivity contribution is -1.25. The molecule has 0 bridgehead atoms. The summed E-state index contributed by atoms with van der Waals surface area (Å²) in [5, 5.41) is 0. The predicted molar refractivity (Wildman–Crippen MR) is 118 cm³/mol. The molecule has 0 saturated carbocycles. The summed E-state index contributed by atoms with van der Waals surface area (Å²) in [6.07, 6.45) is 22.9. The van der Waals surface area contributed by atoms with E-state index in [9.17, 15) is 0 Å². The fraction of sp³-hybridized carbons (Fsp3) is 1.00. The Morgan fingerprint density at radius 1 is 0.556 bits per heavy atom. The smallest absolute Gasteiger partial charge is 0.149 e. The first-order chi connectivity index (χ1) is 13.2. The Bertz CT molecular complexity index is 292. The normalized spacial score (nSPS) is 13.2. The minimum atomic E-state index is 0.367. The van der Waals surface area contributed by atoms with E-state index >= 15 is 0 Å². The summed E-state index contributed by atoms with van der Waals surface area (Å²) in [4.78, 5) is 12.1. The monoisotopic (exact) mass is 386 g/mol. The topological polar surface area (TPSA) is 18.5 Å². The van der Waals surface area contributed by atoms with E-state index < -0.39 is 0 Å². The van der Waals surface area contributed by atoms with Crippen molar-refractivity contribution < 1.29 is 14.5 Å². The van der Waals surface area contributed by atoms with Crippen LogP contribution in [0.5, 0.6) is 0 Å². The van der Waals surface area contributed by atoms with Gasteiger partial charge in [0, 0.05) is 12.8 Å². The van der Waals surface area contributed by atoms with Crippen molar-refractivity contribution in [3.63, 3.8) is 0 Å². The molecule has 0 aliphatic heterocycles. The SMILES string of the molecule is CCCCCCCCCCC(C)[N+](CCCCCCCCCC)(OC)OC. The zero-order chi connectivity index (χ0) is 20.2. The average molecular weight is 387 g/mol. The third kappa shape index (κ3) is 13.7. The Balaban J connectivity index is 3.91. The largest absolute Gasteiger partial charge is 0.171 e. The highest BCUT2D eigenvalue weighted by Gasteiger charge is 2.36. The lowest BCUT2D eigenvalue weighted by Crippen LogP contribution is -2.53. The van der Waals surface area contributed by atoms with Crippen molar-refractivity contribution in [1.29, 1.82) is 0 Å². The lowest BCUT2D eigenvalue weighted by Gasteiger charge is -2.35. The van der Waals surface area contributed by atoms with E-state index in [4.69, 9.17) is 9.68 Å². The highest BCUT2D eigenvalue weighted by molar-refractivity contribution is 4.53. The minimum absolute atomic E-state index is 0.367. The van der Waals surface area contributed by atoms with Crippen molar-refractivity contribution in [2.24, 2.45) is 0 Å². The summed E-state index contributed by atoms with van der Waals surface area (Å²) in [6.45, 7) is 7.83. The summed E-state index contributed by atoms with van der Waals surface area (Å²) in [6, 6.07) is 0.407. The molecule has 0 aromatic heterocycles. The van der Waals surface area contributed by atoms with E-state index in [0.717, 1.165) is 6.54 Å². The summed E-state index contributed by atoms with van der Waals surface area (Å²) in [5.74, 6) is 0. The third-order valence-corrected chi connectivity index (χ3v) is 6.09. The van der Waals surface area contributed by atoms with Gasteiger partial charge in [0.15, 0.2) is 0 Å². The summed E-state index contributed by atoms with van der Waals surface area (Å²) < 4.78 is 0. The number of rotatable bonds is 21. The van der Waals surface area contributed by atoms with Crippen LogP contribution >= 0.6 is 0 Å². The van der Waals surface area contributed by atoms with Crippen LogP contribution in [0.1, 0.15) is 130 Å². The molecule has 0 aliphatic rings. The van der Waals surface area contributed by atoms with Crippen LogP contribution in [-0.4, -0.2) is 31.6 Å². The van der Waals surface area contributed by atoms with Gasteiger partial charge in [0.05, 0.1) is 14.2 Å². The van der Waals surface area contributed by atoms with Gasteiger partial charge in [0.1, 0.15) is 12.6 Å². The van der Waals surface area contributed by atoms with Crippen molar-refractivity contribution in [2.45, 2.75) is 136 Å². The fourth-order valence-electron chi connectivity index (χ4n) is 4.07. The molecule has 0 fully saturated rings. The van der Waals surface area contributed by atoms with Crippen molar-refractivity contribution in [3.05, 3.63) is 0 Å². The van der Waals surface area contributed by atoms with Crippen LogP contribution in [0, 0.1) is 0 Å². The van der Waals surface area contributed by atoms with Crippen molar-refractivity contribution in [1.82, 2.24) is 0 Å². The first kappa shape index (κ1) is 26.9. The van der Waals surface area contributed by atoms with Crippen LogP contribution in [0.15, 0.2) is 0 Å². The Hall–Kier alpha value is -0.120. The van der Waals surface area contributed by atoms with E-state index in [2.05, 4.69) is 20.8 Å². The summed E-state index contributed by atoms with van der Waals surface area (Å²) >= 11 is 0. The zero-order valence-corrected chi connectivity index (χ0v) is 19.6. The van der Waals surface area contributed by atoms with E-state index in [1.165, 1.54) is 109 Å². The number of hydrogen-bond acceptors (Lipinski definition) is 2. The first-order valence-corrected chi connectivity index (χ1v) is 12.2. The summed E-state index contributed by atoms with van der Waals surface area (Å²) in [5.41, 5.74) is 0. The van der Waals surface area contributed by atoms with Gasteiger partial charge in [-0.25, -0.2) is 0 Å². The Labute approximate surface area is 171 Å². The molecule has 0 rings (SSSR count). The van der Waals surface area contributed by atoms with Crippen LogP contribution in [0.25, 0.3) is 0 Å². The average Bonchev–Trinajstić information content (AvgIpc) is 2.69. The molecule has 0 N–H and O–H groups in total. The zero-order valence-electron chi connectivity index (χ0n) is 19.6. The van der Waals surface area contributed by atoms with Crippen LogP contribution in [0.3, 0.4) is 0 Å². The number of quaternary nitrogens is 1. The number of hydrogen-bond donors (Lipinski definition) is 0. The molecular weight excluding hydrogens is 334 g/mol. The predicted octanol–water partition coefficient (Wildman–Crippen LogP) is 7.99. The molecule has 0 heterocycles. The van der Waals surface area contributed by atoms with Crippen LogP contribution in [0.4, 0.5) is 0 Å². The maximum atomic E-state index is 5.85. The molecule has 0 radical (unpaired) electrons. The van der Waals surface area contributed by atoms with Gasteiger partial charge in [-0.05, 0) is 24.6 Å². The molecule has 0 saturated heterocycles. The second kappa shape index (κ2) is 19.2. The number of hydroxylamine groups is 4. The maximum absolute atomic E-state index is 5.85. The number of nitrogens with zero attached hydrogens (tertiary/aromatic N) is 1. The molecule has 3 nitrogen and oxygen atoms in total. The fourth-order valence-corrected chi connectivity index (χ4v) is 4.07. The molecule has 1 unspecified atom stereocenters. The van der Waals surface area contributed by atoms with Gasteiger partial charge in [0.25, 0.3) is 0 Å². The third-order valence-electron chi connectivity index (χ3n) is 6.09. The van der Waals surface area contributed by atoms with Gasteiger partial charge in [-0.15, -0.1) is 0 Å². The van der Waals surface area contributed by atoms with E-state index in [1.807, 2.05) is 0 Å². The molecule has 0 aromatic carbocycles. The standard InChI is InChI=1S/C24H52NO2/c1-6-8-10-12-14-16-18-20-22-24(3)25(26-4,27-5)23-21-19-17-15-13-11-9-7-2/h24H,6-23H2,1-5H3/q+1. The molecule has 0 amide bonds. The molecule has 0 aliphatic carbocycles. The van der Waals surface area contributed by atoms with E-state index in [-0.39, 0.29) is 0 Å². The molecule has 3 heteroatoms. The van der Waals surface area contributed by atoms with E-state index in [1.54, 1.807) is 14.2 Å². The highest BCUT2D eigenvalue weighted by atomic mass is 17.0. The van der Waals surface area contributed by atoms with Gasteiger partial charge in [-0.1, -0.05) is 97.3 Å². The minimum Gasteiger partial charge on any atom is -0.171 e. The maximum Gasteiger partial charge on any atom is 0.149 e. The molecule has 1 atom stereocenters. The van der Waals surface area contributed by atoms with Crippen LogP contribution in [0.2, 0.25) is 0 Å². The molecule has 27 heavy (non-hydrogen) atoms. The van der Waals surface area contributed by atoms with Gasteiger partial charge in [-0.2, -0.15) is 9.68 Å². The molecule has 164 valence electrons. The lowest BCUT2D eigenvalue weighted by atomic mass is 10.0. The van der Waals surface area contributed by atoms with Crippen molar-refractivity contribution in [3.8, 4) is 0 Å². The molecule has 0 spiro atoms. The van der Waals surface area contributed by atoms with Crippen molar-refractivity contribution in [2.75, 3.05) is 20.8 Å². The Morgan fingerprint density at radius 2 is 0.926 bits per heavy atom. The quantitative estimate of drug-likeness (QED) is 0.113. The van der Waals surface area contributed by atoms with Gasteiger partial charge < -0.3 is 0 Å². The van der Waals surface area contributed by atoms with Crippen LogP contribution in [-0.2, 0) is 9.68 Å². The summed E-state index contributed by atoms with van der Waals surface area (Å²) in [7, 11) is 3.61. The Kier molecular flexibility index (Phi) is 19.1. The highest BCUT2D eigenvalue weighted by Crippen LogP contribution is 2.22. The van der Waals surface area contributed by atoms with Gasteiger partial charge >= 0.3 is 0 Å². The van der Waals surface area contributed by atoms with Gasteiger partial charge in [0.2, 0.25) is 0 Å². The first-order valence-electron chi connectivity index (χ1n) is 12.2.